The second kappa shape index (κ2) is 7.58. The summed E-state index contributed by atoms with van der Waals surface area (Å²) in [5, 5.41) is 11.9. The number of carbonyl (C=O) groups excluding carboxylic acids is 1. The maximum Gasteiger partial charge on any atom is 0.227 e. The van der Waals surface area contributed by atoms with E-state index in [4.69, 9.17) is 4.74 Å². The van der Waals surface area contributed by atoms with Crippen LogP contribution in [0.4, 0.5) is 5.69 Å². The van der Waals surface area contributed by atoms with E-state index in [2.05, 4.69) is 26.1 Å². The number of nitrogens with zero attached hydrogens (tertiary/aromatic N) is 3. The molecule has 2 aliphatic heterocycles. The van der Waals surface area contributed by atoms with E-state index in [1.807, 2.05) is 19.1 Å². The summed E-state index contributed by atoms with van der Waals surface area (Å²) in [7, 11) is 0. The van der Waals surface area contributed by atoms with E-state index in [9.17, 15) is 4.79 Å². The van der Waals surface area contributed by atoms with Crippen molar-refractivity contribution in [1.82, 2.24) is 14.8 Å². The highest BCUT2D eigenvalue weighted by Gasteiger charge is 2.22. The first-order valence-electron chi connectivity index (χ1n) is 9.64. The molecule has 0 unspecified atom stereocenters. The molecule has 4 rings (SSSR count). The number of hydrogen-bond acceptors (Lipinski definition) is 4. The van der Waals surface area contributed by atoms with Crippen molar-refractivity contribution in [3.05, 3.63) is 29.6 Å². The normalized spacial score (nSPS) is 18.2. The van der Waals surface area contributed by atoms with Gasteiger partial charge in [0, 0.05) is 43.3 Å². The monoisotopic (exact) mass is 354 g/mol. The lowest BCUT2D eigenvalue weighted by Crippen LogP contribution is -2.28. The maximum absolute atomic E-state index is 12.6. The molecule has 1 aromatic carbocycles. The van der Waals surface area contributed by atoms with Crippen molar-refractivity contribution in [2.24, 2.45) is 5.92 Å². The Balaban J connectivity index is 1.58. The quantitative estimate of drug-likeness (QED) is 0.918. The van der Waals surface area contributed by atoms with Crippen molar-refractivity contribution in [1.29, 1.82) is 0 Å². The molecule has 0 atom stereocenters. The minimum Gasteiger partial charge on any atom is -0.381 e. The number of anilines is 1. The summed E-state index contributed by atoms with van der Waals surface area (Å²) >= 11 is 0. The van der Waals surface area contributed by atoms with Gasteiger partial charge in [0.2, 0.25) is 5.91 Å². The molecule has 6 heteroatoms. The first kappa shape index (κ1) is 17.2. The summed E-state index contributed by atoms with van der Waals surface area (Å²) in [5.74, 6) is 2.11. The Morgan fingerprint density at radius 1 is 1.19 bits per heavy atom. The zero-order valence-corrected chi connectivity index (χ0v) is 15.3. The Morgan fingerprint density at radius 2 is 2.04 bits per heavy atom. The van der Waals surface area contributed by atoms with Crippen LogP contribution in [0.1, 0.15) is 43.5 Å². The van der Waals surface area contributed by atoms with Crippen molar-refractivity contribution in [3.63, 3.8) is 0 Å². The predicted molar refractivity (Wildman–Crippen MR) is 99.9 cm³/mol. The van der Waals surface area contributed by atoms with Crippen LogP contribution in [0.25, 0.3) is 11.4 Å². The summed E-state index contributed by atoms with van der Waals surface area (Å²) < 4.78 is 7.59. The van der Waals surface area contributed by atoms with Crippen molar-refractivity contribution < 1.29 is 9.53 Å². The van der Waals surface area contributed by atoms with Crippen molar-refractivity contribution in [3.8, 4) is 11.4 Å². The van der Waals surface area contributed by atoms with Gasteiger partial charge in [0.15, 0.2) is 5.82 Å². The number of amides is 1. The summed E-state index contributed by atoms with van der Waals surface area (Å²) in [6, 6.07) is 6.16. The third-order valence-electron chi connectivity index (χ3n) is 5.46. The van der Waals surface area contributed by atoms with Crippen molar-refractivity contribution in [2.75, 3.05) is 18.5 Å². The number of aromatic nitrogens is 3. The fourth-order valence-corrected chi connectivity index (χ4v) is 3.79. The number of hydrogen-bond donors (Lipinski definition) is 1. The van der Waals surface area contributed by atoms with Gasteiger partial charge in [-0.1, -0.05) is 18.6 Å². The lowest BCUT2D eigenvalue weighted by molar-refractivity contribution is -0.122. The number of aryl methyl sites for hydroxylation is 2. The molecule has 138 valence electrons. The fraction of sp³-hybridized carbons (Fsp3) is 0.550. The zero-order chi connectivity index (χ0) is 17.9. The Hall–Kier alpha value is -2.21. The van der Waals surface area contributed by atoms with Gasteiger partial charge in [-0.25, -0.2) is 0 Å². The number of carbonyl (C=O) groups is 1. The third-order valence-corrected chi connectivity index (χ3v) is 5.46. The van der Waals surface area contributed by atoms with Crippen LogP contribution in [0, 0.1) is 12.8 Å². The van der Waals surface area contributed by atoms with Crippen LogP contribution in [0.5, 0.6) is 0 Å². The van der Waals surface area contributed by atoms with Gasteiger partial charge >= 0.3 is 0 Å². The van der Waals surface area contributed by atoms with Crippen LogP contribution in [-0.4, -0.2) is 33.9 Å². The second-order valence-electron chi connectivity index (χ2n) is 7.31. The van der Waals surface area contributed by atoms with Gasteiger partial charge in [0.1, 0.15) is 5.82 Å². The van der Waals surface area contributed by atoms with Crippen molar-refractivity contribution >= 4 is 11.6 Å². The maximum atomic E-state index is 12.6. The van der Waals surface area contributed by atoms with Gasteiger partial charge in [-0.05, 0) is 44.2 Å². The Labute approximate surface area is 154 Å². The SMILES string of the molecule is Cc1ccc(-c2nnc3n2CCCCC3)cc1NC(=O)C1CCOCC1. The topological polar surface area (TPSA) is 69.0 Å². The van der Waals surface area contributed by atoms with Gasteiger partial charge < -0.3 is 14.6 Å². The van der Waals surface area contributed by atoms with Gasteiger partial charge in [-0.2, -0.15) is 0 Å². The van der Waals surface area contributed by atoms with Gasteiger partial charge in [0.05, 0.1) is 0 Å². The molecule has 0 aliphatic carbocycles. The molecule has 1 N–H and O–H groups in total. The minimum absolute atomic E-state index is 0.0381. The van der Waals surface area contributed by atoms with Crippen LogP contribution >= 0.6 is 0 Å². The second-order valence-corrected chi connectivity index (χ2v) is 7.31. The van der Waals surface area contributed by atoms with Crippen molar-refractivity contribution in [2.45, 2.75) is 52.0 Å². The van der Waals surface area contributed by atoms with E-state index in [-0.39, 0.29) is 11.8 Å². The number of fused-ring (bicyclic) bond motifs is 1. The van der Waals surface area contributed by atoms with Gasteiger partial charge in [-0.15, -0.1) is 10.2 Å². The molecule has 1 amide bonds. The smallest absolute Gasteiger partial charge is 0.227 e. The molecule has 2 aliphatic rings. The predicted octanol–water partition coefficient (Wildman–Crippen LogP) is 3.35. The van der Waals surface area contributed by atoms with Crippen LogP contribution in [0.2, 0.25) is 0 Å². The van der Waals surface area contributed by atoms with Crippen LogP contribution in [-0.2, 0) is 22.5 Å². The highest BCUT2D eigenvalue weighted by molar-refractivity contribution is 5.94. The van der Waals surface area contributed by atoms with Crippen LogP contribution in [0.3, 0.4) is 0 Å². The van der Waals surface area contributed by atoms with E-state index in [1.54, 1.807) is 0 Å². The largest absolute Gasteiger partial charge is 0.381 e. The molecule has 1 fully saturated rings. The first-order chi connectivity index (χ1) is 12.7. The summed E-state index contributed by atoms with van der Waals surface area (Å²) in [5.41, 5.74) is 2.94. The third kappa shape index (κ3) is 3.51. The average molecular weight is 354 g/mol. The fourth-order valence-electron chi connectivity index (χ4n) is 3.79. The molecule has 0 spiro atoms. The van der Waals surface area contributed by atoms with E-state index in [0.29, 0.717) is 13.2 Å². The minimum atomic E-state index is 0.0381. The van der Waals surface area contributed by atoms with Gasteiger partial charge in [0.25, 0.3) is 0 Å². The first-order valence-corrected chi connectivity index (χ1v) is 9.64. The molecule has 0 saturated carbocycles. The molecule has 0 radical (unpaired) electrons. The van der Waals surface area contributed by atoms with E-state index < -0.39 is 0 Å². The summed E-state index contributed by atoms with van der Waals surface area (Å²) in [4.78, 5) is 12.6. The summed E-state index contributed by atoms with van der Waals surface area (Å²) in [6.07, 6.45) is 6.16. The molecular weight excluding hydrogens is 328 g/mol. The lowest BCUT2D eigenvalue weighted by Gasteiger charge is -2.22. The molecule has 2 aromatic rings. The molecule has 1 saturated heterocycles. The molecule has 1 aromatic heterocycles. The summed E-state index contributed by atoms with van der Waals surface area (Å²) in [6.45, 7) is 4.33. The highest BCUT2D eigenvalue weighted by Crippen LogP contribution is 2.28. The lowest BCUT2D eigenvalue weighted by atomic mass is 9.99. The van der Waals surface area contributed by atoms with Crippen LogP contribution in [0.15, 0.2) is 18.2 Å². The number of nitrogens with one attached hydrogen (secondary N) is 1. The Kier molecular flexibility index (Phi) is 5.02. The number of benzene rings is 1. The molecule has 26 heavy (non-hydrogen) atoms. The standard InChI is InChI=1S/C20H26N4O2/c1-14-6-7-16(19-23-22-18-5-3-2-4-10-24(18)19)13-17(14)21-20(25)15-8-11-26-12-9-15/h6-7,13,15H,2-5,8-12H2,1H3,(H,21,25). The average Bonchev–Trinajstić information content (AvgIpc) is 2.92. The molecular formula is C20H26N4O2. The molecule has 3 heterocycles. The van der Waals surface area contributed by atoms with Crippen LogP contribution < -0.4 is 5.32 Å². The van der Waals surface area contributed by atoms with E-state index in [1.165, 1.54) is 12.8 Å². The Bertz CT molecular complexity index is 793. The zero-order valence-electron chi connectivity index (χ0n) is 15.3. The van der Waals surface area contributed by atoms with E-state index in [0.717, 1.165) is 60.7 Å². The highest BCUT2D eigenvalue weighted by atomic mass is 16.5. The molecule has 6 nitrogen and oxygen atoms in total. The molecule has 0 bridgehead atoms. The number of rotatable bonds is 3. The Morgan fingerprint density at radius 3 is 2.88 bits per heavy atom. The number of ether oxygens (including phenoxy) is 1. The van der Waals surface area contributed by atoms with E-state index >= 15 is 0 Å². The van der Waals surface area contributed by atoms with Gasteiger partial charge in [-0.3, -0.25) is 4.79 Å².